The zero-order chi connectivity index (χ0) is 7.98. The van der Waals surface area contributed by atoms with Gasteiger partial charge in [0.05, 0.1) is 0 Å². The summed E-state index contributed by atoms with van der Waals surface area (Å²) in [6.07, 6.45) is 10.1. The average molecular weight is 134 g/mol. The van der Waals surface area contributed by atoms with Gasteiger partial charge in [0.1, 0.15) is 0 Å². The normalized spacial score (nSPS) is 13.0. The van der Waals surface area contributed by atoms with E-state index in [1.54, 1.807) is 0 Å². The minimum absolute atomic E-state index is 1.01. The highest BCUT2D eigenvalue weighted by atomic mass is 14.0. The van der Waals surface area contributed by atoms with E-state index in [4.69, 9.17) is 6.42 Å². The van der Waals surface area contributed by atoms with Crippen LogP contribution in [-0.4, -0.2) is 0 Å². The summed E-state index contributed by atoms with van der Waals surface area (Å²) in [6.45, 7) is 6.21. The third kappa shape index (κ3) is 2.55. The van der Waals surface area contributed by atoms with Gasteiger partial charge in [-0.15, -0.1) is 6.42 Å². The molecule has 0 aromatic heterocycles. The van der Waals surface area contributed by atoms with Crippen LogP contribution in [0, 0.1) is 12.3 Å². The fraction of sp³-hybridized carbons (Fsp3) is 0.400. The molecule has 0 saturated carbocycles. The summed E-state index contributed by atoms with van der Waals surface area (Å²) >= 11 is 0. The third-order valence-corrected chi connectivity index (χ3v) is 1.58. The quantitative estimate of drug-likeness (QED) is 0.402. The van der Waals surface area contributed by atoms with Crippen molar-refractivity contribution in [1.29, 1.82) is 0 Å². The van der Waals surface area contributed by atoms with Crippen LogP contribution in [0.1, 0.15) is 27.2 Å². The van der Waals surface area contributed by atoms with Crippen molar-refractivity contribution in [3.05, 3.63) is 23.3 Å². The molecule has 0 radical (unpaired) electrons. The van der Waals surface area contributed by atoms with E-state index in [1.807, 2.05) is 13.0 Å². The lowest BCUT2D eigenvalue weighted by Gasteiger charge is -2.00. The van der Waals surface area contributed by atoms with Gasteiger partial charge in [-0.1, -0.05) is 24.5 Å². The van der Waals surface area contributed by atoms with Gasteiger partial charge in [0, 0.05) is 0 Å². The van der Waals surface area contributed by atoms with E-state index in [2.05, 4.69) is 25.8 Å². The van der Waals surface area contributed by atoms with Gasteiger partial charge in [-0.2, -0.15) is 0 Å². The fourth-order valence-corrected chi connectivity index (χ4v) is 0.781. The van der Waals surface area contributed by atoms with Crippen LogP contribution in [0.3, 0.4) is 0 Å². The van der Waals surface area contributed by atoms with E-state index in [-0.39, 0.29) is 0 Å². The molecule has 0 N–H and O–H groups in total. The highest BCUT2D eigenvalue weighted by Crippen LogP contribution is 2.11. The van der Waals surface area contributed by atoms with E-state index in [0.717, 1.165) is 6.42 Å². The van der Waals surface area contributed by atoms with Gasteiger partial charge >= 0.3 is 0 Å². The summed E-state index contributed by atoms with van der Waals surface area (Å²) in [5, 5.41) is 0. The second-order valence-electron chi connectivity index (χ2n) is 2.16. The van der Waals surface area contributed by atoms with Crippen molar-refractivity contribution in [3.63, 3.8) is 0 Å². The van der Waals surface area contributed by atoms with E-state index in [1.165, 1.54) is 11.1 Å². The van der Waals surface area contributed by atoms with E-state index in [0.29, 0.717) is 0 Å². The molecule has 0 spiro atoms. The lowest BCUT2D eigenvalue weighted by atomic mass is 10.1. The first-order valence-electron chi connectivity index (χ1n) is 3.54. The molecule has 0 aromatic rings. The molecule has 0 fully saturated rings. The Bertz CT molecular complexity index is 187. The molecule has 0 bridgehead atoms. The molecule has 0 aliphatic heterocycles. The van der Waals surface area contributed by atoms with Crippen molar-refractivity contribution >= 4 is 0 Å². The molecule has 0 aliphatic carbocycles. The number of hydrogen-bond donors (Lipinski definition) is 0. The minimum Gasteiger partial charge on any atom is -0.115 e. The van der Waals surface area contributed by atoms with Crippen LogP contribution in [0.5, 0.6) is 0 Å². The summed E-state index contributed by atoms with van der Waals surface area (Å²) < 4.78 is 0. The van der Waals surface area contributed by atoms with E-state index >= 15 is 0 Å². The molecule has 54 valence electrons. The van der Waals surface area contributed by atoms with Gasteiger partial charge in [0.15, 0.2) is 0 Å². The maximum Gasteiger partial charge on any atom is -0.00870 e. The third-order valence-electron chi connectivity index (χ3n) is 1.58. The number of allylic oxidation sites excluding steroid dienone is 4. The van der Waals surface area contributed by atoms with Crippen molar-refractivity contribution in [2.24, 2.45) is 0 Å². The van der Waals surface area contributed by atoms with Crippen LogP contribution >= 0.6 is 0 Å². The summed E-state index contributed by atoms with van der Waals surface area (Å²) in [7, 11) is 0. The van der Waals surface area contributed by atoms with Crippen molar-refractivity contribution in [3.8, 4) is 12.3 Å². The standard InChI is InChI=1S/C10H14/c1-5-8-10(7-3)9(4)6-2/h1,6,8H,7H2,2-4H3/b9-6-,10-8-. The molecule has 0 aliphatic rings. The Kier molecular flexibility index (Phi) is 4.41. The summed E-state index contributed by atoms with van der Waals surface area (Å²) in [5.41, 5.74) is 2.53. The van der Waals surface area contributed by atoms with Gasteiger partial charge in [0.25, 0.3) is 0 Å². The zero-order valence-corrected chi connectivity index (χ0v) is 6.94. The highest BCUT2D eigenvalue weighted by molar-refractivity contribution is 5.33. The second-order valence-corrected chi connectivity index (χ2v) is 2.16. The molecule has 0 saturated heterocycles. The lowest BCUT2D eigenvalue weighted by Crippen LogP contribution is -1.81. The minimum atomic E-state index is 1.01. The van der Waals surface area contributed by atoms with Crippen LogP contribution in [-0.2, 0) is 0 Å². The Morgan fingerprint density at radius 2 is 2.20 bits per heavy atom. The lowest BCUT2D eigenvalue weighted by molar-refractivity contribution is 1.10. The predicted molar refractivity (Wildman–Crippen MR) is 46.6 cm³/mol. The molecule has 0 rings (SSSR count). The van der Waals surface area contributed by atoms with Gasteiger partial charge in [-0.3, -0.25) is 0 Å². The largest absolute Gasteiger partial charge is 0.115 e. The van der Waals surface area contributed by atoms with Gasteiger partial charge in [-0.05, 0) is 31.9 Å². The molecule has 0 heteroatoms. The Morgan fingerprint density at radius 3 is 2.50 bits per heavy atom. The van der Waals surface area contributed by atoms with E-state index < -0.39 is 0 Å². The number of terminal acetylenes is 1. The van der Waals surface area contributed by atoms with Gasteiger partial charge < -0.3 is 0 Å². The first-order valence-corrected chi connectivity index (χ1v) is 3.54. The fourth-order valence-electron chi connectivity index (χ4n) is 0.781. The molecule has 0 unspecified atom stereocenters. The van der Waals surface area contributed by atoms with Crippen molar-refractivity contribution in [2.45, 2.75) is 27.2 Å². The molecule has 0 amide bonds. The molecule has 0 aromatic carbocycles. The topological polar surface area (TPSA) is 0 Å². The van der Waals surface area contributed by atoms with Crippen LogP contribution in [0.15, 0.2) is 23.3 Å². The van der Waals surface area contributed by atoms with Crippen LogP contribution < -0.4 is 0 Å². The number of rotatable bonds is 2. The predicted octanol–water partition coefficient (Wildman–Crippen LogP) is 2.92. The molecular weight excluding hydrogens is 120 g/mol. The van der Waals surface area contributed by atoms with Crippen molar-refractivity contribution in [2.75, 3.05) is 0 Å². The molecule has 10 heavy (non-hydrogen) atoms. The van der Waals surface area contributed by atoms with Crippen molar-refractivity contribution in [1.82, 2.24) is 0 Å². The Balaban J connectivity index is 4.40. The van der Waals surface area contributed by atoms with E-state index in [9.17, 15) is 0 Å². The second kappa shape index (κ2) is 4.88. The van der Waals surface area contributed by atoms with Gasteiger partial charge in [-0.25, -0.2) is 0 Å². The summed E-state index contributed by atoms with van der Waals surface area (Å²) in [4.78, 5) is 0. The molecular formula is C10H14. The monoisotopic (exact) mass is 134 g/mol. The van der Waals surface area contributed by atoms with Crippen LogP contribution in [0.25, 0.3) is 0 Å². The molecule has 0 nitrogen and oxygen atoms in total. The summed E-state index contributed by atoms with van der Waals surface area (Å²) in [5.74, 6) is 2.53. The Hall–Kier alpha value is -0.960. The first kappa shape index (κ1) is 9.04. The van der Waals surface area contributed by atoms with Crippen molar-refractivity contribution < 1.29 is 0 Å². The maximum absolute atomic E-state index is 5.14. The van der Waals surface area contributed by atoms with Crippen LogP contribution in [0.4, 0.5) is 0 Å². The van der Waals surface area contributed by atoms with Gasteiger partial charge in [0.2, 0.25) is 0 Å². The molecule has 0 heterocycles. The first-order chi connectivity index (χ1) is 4.76. The average Bonchev–Trinajstić information content (AvgIpc) is 1.99. The SMILES string of the molecule is C#C/C=C(CC)\C(C)=C/C. The zero-order valence-electron chi connectivity index (χ0n) is 6.94. The Labute approximate surface area is 63.6 Å². The maximum atomic E-state index is 5.14. The Morgan fingerprint density at radius 1 is 1.60 bits per heavy atom. The smallest absolute Gasteiger partial charge is 0.00870 e. The summed E-state index contributed by atoms with van der Waals surface area (Å²) in [6, 6.07) is 0. The number of hydrogen-bond acceptors (Lipinski definition) is 0. The highest BCUT2D eigenvalue weighted by Gasteiger charge is 1.92. The van der Waals surface area contributed by atoms with Crippen LogP contribution in [0.2, 0.25) is 0 Å². The molecule has 0 atom stereocenters.